The zero-order valence-corrected chi connectivity index (χ0v) is 13.6. The normalized spacial score (nSPS) is 26.3. The molecule has 2 aromatic rings. The van der Waals surface area contributed by atoms with Crippen LogP contribution in [0.1, 0.15) is 29.3 Å². The van der Waals surface area contributed by atoms with E-state index in [4.69, 9.17) is 0 Å². The van der Waals surface area contributed by atoms with E-state index in [1.807, 2.05) is 18.6 Å². The summed E-state index contributed by atoms with van der Waals surface area (Å²) in [6.07, 6.45) is 9.16. The Morgan fingerprint density at radius 3 is 2.39 bits per heavy atom. The lowest BCUT2D eigenvalue weighted by molar-refractivity contribution is 0.0105. The highest BCUT2D eigenvalue weighted by Crippen LogP contribution is 2.28. The fraction of sp³-hybridized carbons (Fsp3) is 0.474. The van der Waals surface area contributed by atoms with Crippen LogP contribution in [0.25, 0.3) is 0 Å². The zero-order valence-electron chi connectivity index (χ0n) is 13.6. The topological polar surface area (TPSA) is 32.3 Å². The Kier molecular flexibility index (Phi) is 4.35. The molecule has 5 rings (SSSR count). The molecule has 0 spiro atoms. The third kappa shape index (κ3) is 3.43. The summed E-state index contributed by atoms with van der Waals surface area (Å²) in [6.45, 7) is 5.98. The first kappa shape index (κ1) is 14.8. The van der Waals surface area contributed by atoms with Gasteiger partial charge in [0.1, 0.15) is 0 Å². The number of nitrogens with zero attached hydrogens (tertiary/aromatic N) is 4. The number of rotatable bonds is 5. The van der Waals surface area contributed by atoms with E-state index in [9.17, 15) is 0 Å². The molecule has 3 aliphatic heterocycles. The Balaban J connectivity index is 1.38. The van der Waals surface area contributed by atoms with Gasteiger partial charge < -0.3 is 0 Å². The van der Waals surface area contributed by atoms with Crippen LogP contribution in [0.5, 0.6) is 0 Å². The van der Waals surface area contributed by atoms with Crippen molar-refractivity contribution in [3.63, 3.8) is 0 Å². The van der Waals surface area contributed by atoms with Gasteiger partial charge in [0.25, 0.3) is 0 Å². The van der Waals surface area contributed by atoms with Crippen LogP contribution in [0.2, 0.25) is 0 Å². The van der Waals surface area contributed by atoms with Gasteiger partial charge in [-0.25, -0.2) is 0 Å². The standard InChI is InChI=1S/C19H24N4/c1(2-16-4-7-20-8-5-16)3-17-6-9-21-18(14-17)19-15-22-10-12-23(19)13-11-22/h4-9,14,19H,1-3,10-13,15H2. The van der Waals surface area contributed by atoms with Gasteiger partial charge in [-0.15, -0.1) is 0 Å². The van der Waals surface area contributed by atoms with E-state index in [1.165, 1.54) is 49.4 Å². The van der Waals surface area contributed by atoms with Gasteiger partial charge in [-0.05, 0) is 54.7 Å². The lowest BCUT2D eigenvalue weighted by atomic mass is 10.0. The number of aromatic nitrogens is 2. The van der Waals surface area contributed by atoms with Crippen molar-refractivity contribution < 1.29 is 0 Å². The first-order chi connectivity index (χ1) is 11.4. The number of fused-ring (bicyclic) bond motifs is 3. The maximum absolute atomic E-state index is 4.67. The van der Waals surface area contributed by atoms with E-state index < -0.39 is 0 Å². The van der Waals surface area contributed by atoms with Crippen molar-refractivity contribution >= 4 is 0 Å². The molecule has 4 nitrogen and oxygen atoms in total. The van der Waals surface area contributed by atoms with Crippen molar-refractivity contribution in [3.8, 4) is 0 Å². The second-order valence-corrected chi connectivity index (χ2v) is 6.65. The third-order valence-corrected chi connectivity index (χ3v) is 5.15. The van der Waals surface area contributed by atoms with Crippen LogP contribution in [0.4, 0.5) is 0 Å². The summed E-state index contributed by atoms with van der Waals surface area (Å²) in [5.74, 6) is 0. The number of aryl methyl sites for hydroxylation is 2. The minimum absolute atomic E-state index is 0.498. The molecule has 0 aliphatic carbocycles. The number of hydrogen-bond donors (Lipinski definition) is 0. The van der Waals surface area contributed by atoms with Gasteiger partial charge in [-0.2, -0.15) is 0 Å². The molecule has 120 valence electrons. The molecule has 1 atom stereocenters. The molecule has 23 heavy (non-hydrogen) atoms. The van der Waals surface area contributed by atoms with Crippen molar-refractivity contribution in [2.75, 3.05) is 32.7 Å². The van der Waals surface area contributed by atoms with E-state index in [0.717, 1.165) is 19.4 Å². The highest BCUT2D eigenvalue weighted by Gasteiger charge is 2.33. The van der Waals surface area contributed by atoms with Crippen LogP contribution in [-0.2, 0) is 12.8 Å². The van der Waals surface area contributed by atoms with Crippen molar-refractivity contribution in [1.29, 1.82) is 0 Å². The van der Waals surface area contributed by atoms with Gasteiger partial charge >= 0.3 is 0 Å². The molecule has 0 amide bonds. The second-order valence-electron chi connectivity index (χ2n) is 6.65. The highest BCUT2D eigenvalue weighted by atomic mass is 15.3. The summed E-state index contributed by atoms with van der Waals surface area (Å²) in [6, 6.07) is 9.22. The Bertz CT molecular complexity index is 635. The van der Waals surface area contributed by atoms with Gasteiger partial charge in [0.15, 0.2) is 0 Å². The summed E-state index contributed by atoms with van der Waals surface area (Å²) in [5.41, 5.74) is 4.05. The number of pyridine rings is 2. The summed E-state index contributed by atoms with van der Waals surface area (Å²) in [7, 11) is 0. The van der Waals surface area contributed by atoms with Gasteiger partial charge in [-0.1, -0.05) is 0 Å². The molecule has 0 N–H and O–H groups in total. The van der Waals surface area contributed by atoms with Crippen LogP contribution in [0, 0.1) is 0 Å². The summed E-state index contributed by atoms with van der Waals surface area (Å²) < 4.78 is 0. The molecule has 0 aromatic carbocycles. The Hall–Kier alpha value is -1.78. The van der Waals surface area contributed by atoms with E-state index in [1.54, 1.807) is 0 Å². The summed E-state index contributed by atoms with van der Waals surface area (Å²) in [5, 5.41) is 0. The Labute approximate surface area is 138 Å². The van der Waals surface area contributed by atoms with E-state index >= 15 is 0 Å². The molecule has 0 saturated carbocycles. The van der Waals surface area contributed by atoms with Crippen LogP contribution in [0.3, 0.4) is 0 Å². The van der Waals surface area contributed by atoms with Crippen LogP contribution >= 0.6 is 0 Å². The SMILES string of the molecule is c1cc(CCCc2ccnc(C3CN4CCN3CC4)c2)ccn1. The van der Waals surface area contributed by atoms with E-state index in [0.29, 0.717) is 6.04 Å². The first-order valence-electron chi connectivity index (χ1n) is 8.68. The molecule has 2 bridgehead atoms. The molecular weight excluding hydrogens is 284 g/mol. The number of piperazine rings is 3. The largest absolute Gasteiger partial charge is 0.299 e. The fourth-order valence-corrected chi connectivity index (χ4v) is 3.78. The second kappa shape index (κ2) is 6.77. The molecular formula is C19H24N4. The maximum atomic E-state index is 4.67. The maximum Gasteiger partial charge on any atom is 0.0650 e. The molecule has 3 saturated heterocycles. The van der Waals surface area contributed by atoms with Gasteiger partial charge in [0.2, 0.25) is 0 Å². The van der Waals surface area contributed by atoms with Crippen molar-refractivity contribution in [2.45, 2.75) is 25.3 Å². The molecule has 0 radical (unpaired) electrons. The van der Waals surface area contributed by atoms with Gasteiger partial charge in [-0.3, -0.25) is 19.8 Å². The van der Waals surface area contributed by atoms with Gasteiger partial charge in [0, 0.05) is 51.3 Å². The molecule has 1 unspecified atom stereocenters. The summed E-state index contributed by atoms with van der Waals surface area (Å²) in [4.78, 5) is 13.9. The molecule has 4 heteroatoms. The predicted molar refractivity (Wildman–Crippen MR) is 91.3 cm³/mol. The fourth-order valence-electron chi connectivity index (χ4n) is 3.78. The lowest BCUT2D eigenvalue weighted by Gasteiger charge is -2.47. The van der Waals surface area contributed by atoms with Crippen LogP contribution in [0.15, 0.2) is 42.9 Å². The lowest BCUT2D eigenvalue weighted by Crippen LogP contribution is -2.57. The average Bonchev–Trinajstić information content (AvgIpc) is 2.64. The van der Waals surface area contributed by atoms with Gasteiger partial charge in [0.05, 0.1) is 11.7 Å². The van der Waals surface area contributed by atoms with Crippen molar-refractivity contribution in [3.05, 3.63) is 59.7 Å². The molecule has 2 aromatic heterocycles. The van der Waals surface area contributed by atoms with E-state index in [2.05, 4.69) is 44.0 Å². The average molecular weight is 308 g/mol. The minimum atomic E-state index is 0.498. The molecule has 5 heterocycles. The quantitative estimate of drug-likeness (QED) is 0.848. The summed E-state index contributed by atoms with van der Waals surface area (Å²) >= 11 is 0. The molecule has 3 fully saturated rings. The van der Waals surface area contributed by atoms with E-state index in [-0.39, 0.29) is 0 Å². The highest BCUT2D eigenvalue weighted by molar-refractivity contribution is 5.21. The third-order valence-electron chi connectivity index (χ3n) is 5.15. The van der Waals surface area contributed by atoms with Crippen LogP contribution in [-0.4, -0.2) is 52.5 Å². The Morgan fingerprint density at radius 2 is 1.65 bits per heavy atom. The number of hydrogen-bond acceptors (Lipinski definition) is 4. The molecule has 3 aliphatic rings. The Morgan fingerprint density at radius 1 is 0.913 bits per heavy atom. The zero-order chi connectivity index (χ0) is 15.5. The first-order valence-corrected chi connectivity index (χ1v) is 8.68. The van der Waals surface area contributed by atoms with Crippen molar-refractivity contribution in [1.82, 2.24) is 19.8 Å². The minimum Gasteiger partial charge on any atom is -0.299 e. The van der Waals surface area contributed by atoms with Crippen molar-refractivity contribution in [2.24, 2.45) is 0 Å². The monoisotopic (exact) mass is 308 g/mol. The van der Waals surface area contributed by atoms with Crippen LogP contribution < -0.4 is 0 Å². The smallest absolute Gasteiger partial charge is 0.0650 e. The predicted octanol–water partition coefficient (Wildman–Crippen LogP) is 2.32.